The Labute approximate surface area is 778 Å². The van der Waals surface area contributed by atoms with E-state index >= 15 is 0 Å². The van der Waals surface area contributed by atoms with E-state index in [1.165, 1.54) is 195 Å². The summed E-state index contributed by atoms with van der Waals surface area (Å²) in [6, 6.07) is 11.1. The zero-order valence-electron chi connectivity index (χ0n) is 91.5. The molecule has 0 bridgehead atoms. The minimum Gasteiger partial charge on any atom is -0.375 e. The highest BCUT2D eigenvalue weighted by atomic mass is 16.2. The van der Waals surface area contributed by atoms with Gasteiger partial charge in [0.05, 0.1) is 0 Å². The number of hydrogen-bond donors (Lipinski definition) is 0. The predicted octanol–water partition coefficient (Wildman–Crippen LogP) is 22.9. The van der Waals surface area contributed by atoms with E-state index in [-0.39, 0.29) is 0 Å². The van der Waals surface area contributed by atoms with Crippen LogP contribution in [0, 0.1) is 59.2 Å². The topological polar surface area (TPSA) is 62.4 Å². The Bertz CT molecular complexity index is 2460. The van der Waals surface area contributed by atoms with Crippen LogP contribution >= 0.6 is 0 Å². The van der Waals surface area contributed by atoms with Gasteiger partial charge < -0.3 is 19.6 Å². The minimum atomic E-state index is 0.347. The molecule has 10 aliphatic heterocycles. The Hall–Kier alpha value is -1.99. The molecule has 4 atom stereocenters. The molecule has 0 spiro atoms. The van der Waals surface area contributed by atoms with Crippen LogP contribution in [0.5, 0.6) is 0 Å². The fraction of sp³-hybridized carbons (Fsp3) is 0.936. The zero-order chi connectivity index (χ0) is 94.7. The molecule has 15 nitrogen and oxygen atoms in total. The molecule has 0 saturated carbocycles. The molecule has 0 aromatic heterocycles. The molecule has 124 heavy (non-hydrogen) atoms. The number of rotatable bonds is 20. The van der Waals surface area contributed by atoms with Crippen LogP contribution in [-0.2, 0) is 4.79 Å². The van der Waals surface area contributed by atoms with Gasteiger partial charge >= 0.3 is 0 Å². The van der Waals surface area contributed by atoms with E-state index < -0.39 is 0 Å². The summed E-state index contributed by atoms with van der Waals surface area (Å²) >= 11 is 0. The Balaban J connectivity index is 0.000000689. The first-order chi connectivity index (χ1) is 57.8. The van der Waals surface area contributed by atoms with Gasteiger partial charge in [-0.15, -0.1) is 0 Å². The lowest BCUT2D eigenvalue weighted by Crippen LogP contribution is -2.55. The standard InChI is InChI=1S/3C11H24N2.C11H21NO.2C11H23N.3C11H21N.C10H22N2/c2*1-9(2)12-6-7-13(10(3)4)11(5)8-12;1-10(2)12-6-5-7-13(9-8-12)11(3)4;1-8(2)10-5-6-12(9(3)4)11(13)7-10;6*1-9(2)11-5-7-12(8-6-11)10(3)4/h2*9-11H,6-8H2,1-5H3;10-11H,5-9H2,1-4H3;8-10H,5-7H2,1-4H3;2*9-11H,5-8H2,1-4H3;2*5,9-10H,6-8H2,1-4H3;5,7,9-11H,6,8H2,1-4H3;9-10H,5-8H2,1-4H3/t2*11-;;;;;;;;/m11......../s1. The fourth-order valence-electron chi connectivity index (χ4n) is 19.5. The maximum Gasteiger partial charge on any atom is 0.223 e. The van der Waals surface area contributed by atoms with Crippen LogP contribution in [0.15, 0.2) is 35.6 Å². The summed E-state index contributed by atoms with van der Waals surface area (Å²) in [6.45, 7) is 126. The molecule has 2 unspecified atom stereocenters. The summed E-state index contributed by atoms with van der Waals surface area (Å²) in [5, 5.41) is 0. The van der Waals surface area contributed by atoms with Crippen LogP contribution in [-0.4, -0.2) is 328 Å². The molecule has 10 aliphatic rings. The monoisotopic (exact) mass is 1750 g/mol. The van der Waals surface area contributed by atoms with E-state index in [2.05, 4.69) is 379 Å². The third-order valence-electron chi connectivity index (χ3n) is 29.9. The first-order valence-electron chi connectivity index (χ1n) is 52.9. The number of allylic oxidation sites excluding steroid dienone is 1. The quantitative estimate of drug-likeness (QED) is 0.109. The van der Waals surface area contributed by atoms with Crippen molar-refractivity contribution in [3.05, 3.63) is 35.6 Å². The lowest BCUT2D eigenvalue weighted by molar-refractivity contribution is -0.137. The second-order valence-electron chi connectivity index (χ2n) is 45.4. The van der Waals surface area contributed by atoms with Gasteiger partial charge in [-0.25, -0.2) is 0 Å². The third kappa shape index (κ3) is 48.1. The molecule has 0 N–H and O–H groups in total. The SMILES string of the molecule is CC(C)C1=CCN(C(C)C)CC1.CC(C)C1=CCN(C(C)C)CC1.CC(C)C1C=CN(C(C)C)CC1.CC(C)C1CCN(C(C)C)C(=O)C1.CC(C)C1CCN(C(C)C)CC1.CC(C)C1CCN(C(C)C)CC1.CC(C)N1CCCN(C(C)C)CC1.CC(C)N1CCN(C(C)C)CC1.CC(C)N1CCN(C(C)C)[C@H](C)C1.CC(C)N1CCN(C(C)C)[C@H](C)C1. The molecule has 1 amide bonds. The van der Waals surface area contributed by atoms with E-state index in [1.807, 2.05) is 4.90 Å². The highest BCUT2D eigenvalue weighted by Crippen LogP contribution is 2.30. The normalized spacial score (nSPS) is 23.5. The highest BCUT2D eigenvalue weighted by molar-refractivity contribution is 5.77. The molecule has 0 aliphatic carbocycles. The van der Waals surface area contributed by atoms with E-state index in [4.69, 9.17) is 0 Å². The van der Waals surface area contributed by atoms with Gasteiger partial charge in [-0.2, -0.15) is 0 Å². The number of likely N-dealkylation sites (tertiary alicyclic amines) is 3. The Morgan fingerprint density at radius 2 is 0.556 bits per heavy atom. The maximum absolute atomic E-state index is 11.7. The van der Waals surface area contributed by atoms with Crippen LogP contribution in [0.4, 0.5) is 0 Å². The Kier molecular flexibility index (Phi) is 62.0. The van der Waals surface area contributed by atoms with Crippen molar-refractivity contribution in [3.8, 4) is 0 Å². The fourth-order valence-corrected chi connectivity index (χ4v) is 19.5. The van der Waals surface area contributed by atoms with Crippen LogP contribution in [0.2, 0.25) is 0 Å². The summed E-state index contributed by atoms with van der Waals surface area (Å²) in [6.07, 6.45) is 22.3. The molecule has 7 fully saturated rings. The van der Waals surface area contributed by atoms with Crippen molar-refractivity contribution >= 4 is 5.91 Å². The Morgan fingerprint density at radius 3 is 0.774 bits per heavy atom. The largest absolute Gasteiger partial charge is 0.375 e. The van der Waals surface area contributed by atoms with Gasteiger partial charge in [0.1, 0.15) is 0 Å². The molecule has 15 heteroatoms. The number of hydrogen-bond acceptors (Lipinski definition) is 14. The van der Waals surface area contributed by atoms with Gasteiger partial charge in [0.2, 0.25) is 5.91 Å². The van der Waals surface area contributed by atoms with Crippen molar-refractivity contribution in [2.75, 3.05) is 157 Å². The van der Waals surface area contributed by atoms with Gasteiger partial charge in [0, 0.05) is 221 Å². The number of carbonyl (C=O) groups excluding carboxylic acids is 1. The number of carbonyl (C=O) groups is 1. The number of amides is 1. The van der Waals surface area contributed by atoms with E-state index in [9.17, 15) is 4.79 Å². The number of piperidine rings is 3. The van der Waals surface area contributed by atoms with Gasteiger partial charge in [0.15, 0.2) is 0 Å². The lowest BCUT2D eigenvalue weighted by atomic mass is 9.86. The minimum absolute atomic E-state index is 0.347. The van der Waals surface area contributed by atoms with Crippen LogP contribution in [0.1, 0.15) is 355 Å². The lowest BCUT2D eigenvalue weighted by Gasteiger charge is -2.43. The summed E-state index contributed by atoms with van der Waals surface area (Å²) in [7, 11) is 0. The van der Waals surface area contributed by atoms with Gasteiger partial charge in [-0.05, 0) is 370 Å². The second kappa shape index (κ2) is 64.0. The van der Waals surface area contributed by atoms with Gasteiger partial charge in [0.25, 0.3) is 0 Å². The van der Waals surface area contributed by atoms with Crippen molar-refractivity contribution in [1.29, 1.82) is 0 Å². The van der Waals surface area contributed by atoms with Gasteiger partial charge in [-0.1, -0.05) is 112 Å². The summed E-state index contributed by atoms with van der Waals surface area (Å²) < 4.78 is 0. The summed E-state index contributed by atoms with van der Waals surface area (Å²) in [4.78, 5) is 46.9. The number of piperazine rings is 3. The van der Waals surface area contributed by atoms with Gasteiger partial charge in [-0.3, -0.25) is 53.8 Å². The van der Waals surface area contributed by atoms with Crippen molar-refractivity contribution in [2.24, 2.45) is 59.2 Å². The molecular weight excluding hydrogens is 1520 g/mol. The van der Waals surface area contributed by atoms with Crippen LogP contribution in [0.25, 0.3) is 0 Å². The molecule has 0 aromatic carbocycles. The van der Waals surface area contributed by atoms with Crippen LogP contribution < -0.4 is 0 Å². The zero-order valence-corrected chi connectivity index (χ0v) is 91.5. The molecule has 0 radical (unpaired) electrons. The predicted molar refractivity (Wildman–Crippen MR) is 553 cm³/mol. The second-order valence-corrected chi connectivity index (χ2v) is 45.4. The average molecular weight is 1750 g/mol. The first kappa shape index (κ1) is 120. The third-order valence-corrected chi connectivity index (χ3v) is 29.9. The average Bonchev–Trinajstić information content (AvgIpc) is 1.87. The molecule has 7 saturated heterocycles. The smallest absolute Gasteiger partial charge is 0.223 e. The van der Waals surface area contributed by atoms with E-state index in [0.29, 0.717) is 78.2 Å². The van der Waals surface area contributed by atoms with Crippen molar-refractivity contribution < 1.29 is 4.79 Å². The number of nitrogens with zero attached hydrogens (tertiary/aromatic N) is 14. The van der Waals surface area contributed by atoms with Crippen LogP contribution in [0.3, 0.4) is 0 Å². The maximum atomic E-state index is 11.7. The van der Waals surface area contributed by atoms with E-state index in [0.717, 1.165) is 110 Å². The molecule has 10 heterocycles. The first-order valence-corrected chi connectivity index (χ1v) is 52.9. The highest BCUT2D eigenvalue weighted by Gasteiger charge is 2.32. The molecule has 10 rings (SSSR count). The van der Waals surface area contributed by atoms with Crippen molar-refractivity contribution in [1.82, 2.24) is 68.6 Å². The van der Waals surface area contributed by atoms with Crippen molar-refractivity contribution in [3.63, 3.8) is 0 Å². The molecule has 0 aromatic rings. The van der Waals surface area contributed by atoms with Crippen molar-refractivity contribution in [2.45, 2.75) is 452 Å². The molecular formula is C109H224N14O. The van der Waals surface area contributed by atoms with E-state index in [1.54, 1.807) is 11.1 Å². The Morgan fingerprint density at radius 1 is 0.266 bits per heavy atom. The molecule has 736 valence electrons. The summed E-state index contributed by atoms with van der Waals surface area (Å²) in [5.41, 5.74) is 3.29. The summed E-state index contributed by atoms with van der Waals surface area (Å²) in [5.74, 6) is 8.47.